The maximum absolute atomic E-state index is 11.2. The first kappa shape index (κ1) is 17.0. The van der Waals surface area contributed by atoms with Crippen molar-refractivity contribution in [1.82, 2.24) is 5.32 Å². The number of nitrogens with zero attached hydrogens (tertiary/aromatic N) is 1. The molecule has 0 atom stereocenters. The van der Waals surface area contributed by atoms with Crippen LogP contribution in [0.1, 0.15) is 36.8 Å². The number of hydrogen-bond donors (Lipinski definition) is 2. The molecule has 0 amide bonds. The Balaban J connectivity index is 1.28. The van der Waals surface area contributed by atoms with Gasteiger partial charge in [0, 0.05) is 24.2 Å². The first-order valence-electron chi connectivity index (χ1n) is 9.52. The zero-order valence-corrected chi connectivity index (χ0v) is 14.9. The summed E-state index contributed by atoms with van der Waals surface area (Å²) in [6.45, 7) is 0. The molecule has 0 spiro atoms. The lowest BCUT2D eigenvalue weighted by Gasteiger charge is -2.32. The maximum atomic E-state index is 11.2. The van der Waals surface area contributed by atoms with E-state index in [1.807, 2.05) is 6.07 Å². The highest BCUT2D eigenvalue weighted by atomic mass is 16.6. The third-order valence-corrected chi connectivity index (χ3v) is 5.71. The van der Waals surface area contributed by atoms with E-state index >= 15 is 0 Å². The Morgan fingerprint density at radius 1 is 0.808 bits per heavy atom. The Hall–Kier alpha value is -2.40. The zero-order valence-electron chi connectivity index (χ0n) is 14.9. The minimum atomic E-state index is -0.312. The highest BCUT2D eigenvalue weighted by Gasteiger charge is 2.27. The van der Waals surface area contributed by atoms with Gasteiger partial charge in [0.15, 0.2) is 0 Å². The molecule has 0 bridgehead atoms. The normalized spacial score (nSPS) is 22.8. The Bertz CT molecular complexity index is 759. The van der Waals surface area contributed by atoms with Gasteiger partial charge in [-0.3, -0.25) is 10.1 Å². The summed E-state index contributed by atoms with van der Waals surface area (Å²) in [6.07, 6.45) is 6.58. The van der Waals surface area contributed by atoms with Crippen LogP contribution in [0.5, 0.6) is 0 Å². The van der Waals surface area contributed by atoms with Crippen LogP contribution in [-0.2, 0) is 12.8 Å². The smallest absolute Gasteiger partial charge is 0.292 e. The van der Waals surface area contributed by atoms with Gasteiger partial charge >= 0.3 is 0 Å². The molecule has 0 aliphatic heterocycles. The molecule has 2 N–H and O–H groups in total. The average molecular weight is 351 g/mol. The van der Waals surface area contributed by atoms with Crippen LogP contribution in [0.2, 0.25) is 0 Å². The van der Waals surface area contributed by atoms with Crippen LogP contribution in [0.25, 0.3) is 0 Å². The van der Waals surface area contributed by atoms with Crippen molar-refractivity contribution < 1.29 is 4.92 Å². The number of rotatable bonds is 5. The molecule has 0 aromatic heterocycles. The molecule has 2 aliphatic carbocycles. The van der Waals surface area contributed by atoms with Crippen molar-refractivity contribution in [3.05, 3.63) is 69.8 Å². The van der Waals surface area contributed by atoms with Crippen LogP contribution in [-0.4, -0.2) is 23.0 Å². The van der Waals surface area contributed by atoms with Crippen molar-refractivity contribution in [1.29, 1.82) is 0 Å². The maximum Gasteiger partial charge on any atom is 0.292 e. The van der Waals surface area contributed by atoms with Crippen molar-refractivity contribution in [3.8, 4) is 0 Å². The summed E-state index contributed by atoms with van der Waals surface area (Å²) in [4.78, 5) is 10.8. The number of nitro benzene ring substituents is 1. The van der Waals surface area contributed by atoms with Crippen molar-refractivity contribution in [2.75, 3.05) is 5.32 Å². The quantitative estimate of drug-likeness (QED) is 0.629. The molecular weight excluding hydrogens is 326 g/mol. The van der Waals surface area contributed by atoms with E-state index in [4.69, 9.17) is 0 Å². The lowest BCUT2D eigenvalue weighted by atomic mass is 9.90. The number of benzene rings is 2. The fourth-order valence-electron chi connectivity index (χ4n) is 4.39. The van der Waals surface area contributed by atoms with Gasteiger partial charge in [-0.2, -0.15) is 0 Å². The average Bonchev–Trinajstić information content (AvgIpc) is 3.06. The SMILES string of the molecule is O=[N+]([O-])c1ccccc1NC1CCC(NC2Cc3ccccc3C2)CC1. The zero-order chi connectivity index (χ0) is 17.9. The van der Waals surface area contributed by atoms with Gasteiger partial charge in [0.1, 0.15) is 5.69 Å². The summed E-state index contributed by atoms with van der Waals surface area (Å²) >= 11 is 0. The number of para-hydroxylation sites is 2. The van der Waals surface area contributed by atoms with E-state index in [9.17, 15) is 10.1 Å². The first-order chi connectivity index (χ1) is 12.7. The summed E-state index contributed by atoms with van der Waals surface area (Å²) in [5, 5.41) is 18.4. The van der Waals surface area contributed by atoms with Crippen LogP contribution in [0.15, 0.2) is 48.5 Å². The number of hydrogen-bond acceptors (Lipinski definition) is 4. The van der Waals surface area contributed by atoms with Gasteiger partial charge < -0.3 is 10.6 Å². The lowest BCUT2D eigenvalue weighted by molar-refractivity contribution is -0.384. The number of nitrogens with one attached hydrogen (secondary N) is 2. The van der Waals surface area contributed by atoms with Crippen LogP contribution in [0, 0.1) is 10.1 Å². The minimum absolute atomic E-state index is 0.163. The van der Waals surface area contributed by atoms with Gasteiger partial charge in [0.05, 0.1) is 4.92 Å². The van der Waals surface area contributed by atoms with Crippen molar-refractivity contribution in [2.45, 2.75) is 56.7 Å². The molecular formula is C21H25N3O2. The van der Waals surface area contributed by atoms with E-state index in [0.29, 0.717) is 23.8 Å². The Morgan fingerprint density at radius 2 is 1.38 bits per heavy atom. The number of fused-ring (bicyclic) bond motifs is 1. The Kier molecular flexibility index (Phi) is 4.89. The molecule has 2 aromatic rings. The molecule has 0 radical (unpaired) electrons. The van der Waals surface area contributed by atoms with E-state index in [2.05, 4.69) is 34.9 Å². The topological polar surface area (TPSA) is 67.2 Å². The minimum Gasteiger partial charge on any atom is -0.377 e. The Morgan fingerprint density at radius 3 is 2.04 bits per heavy atom. The van der Waals surface area contributed by atoms with Gasteiger partial charge in [-0.1, -0.05) is 36.4 Å². The summed E-state index contributed by atoms with van der Waals surface area (Å²) in [6, 6.07) is 17.1. The monoisotopic (exact) mass is 351 g/mol. The van der Waals surface area contributed by atoms with Crippen LogP contribution < -0.4 is 10.6 Å². The second-order valence-electron chi connectivity index (χ2n) is 7.51. The predicted molar refractivity (Wildman–Crippen MR) is 104 cm³/mol. The van der Waals surface area contributed by atoms with Gasteiger partial charge in [0.25, 0.3) is 5.69 Å². The summed E-state index contributed by atoms with van der Waals surface area (Å²) in [5.41, 5.74) is 3.77. The highest BCUT2D eigenvalue weighted by Crippen LogP contribution is 2.29. The molecule has 136 valence electrons. The van der Waals surface area contributed by atoms with Crippen molar-refractivity contribution in [2.24, 2.45) is 0 Å². The van der Waals surface area contributed by atoms with Gasteiger partial charge in [-0.25, -0.2) is 0 Å². The molecule has 0 unspecified atom stereocenters. The van der Waals surface area contributed by atoms with Crippen LogP contribution in [0.4, 0.5) is 11.4 Å². The standard InChI is InChI=1S/C21H25N3O2/c25-24(26)21-8-4-3-7-20(21)23-18-11-9-17(10-12-18)22-19-13-15-5-1-2-6-16(15)14-19/h1-8,17-19,22-23H,9-14H2. The second-order valence-corrected chi connectivity index (χ2v) is 7.51. The number of nitro groups is 1. The van der Waals surface area contributed by atoms with E-state index in [1.165, 1.54) is 11.1 Å². The van der Waals surface area contributed by atoms with E-state index in [0.717, 1.165) is 38.5 Å². The molecule has 2 aliphatic rings. The summed E-state index contributed by atoms with van der Waals surface area (Å²) < 4.78 is 0. The molecule has 0 heterocycles. The van der Waals surface area contributed by atoms with Crippen molar-refractivity contribution in [3.63, 3.8) is 0 Å². The molecule has 4 rings (SSSR count). The van der Waals surface area contributed by atoms with Crippen LogP contribution in [0.3, 0.4) is 0 Å². The largest absolute Gasteiger partial charge is 0.377 e. The first-order valence-corrected chi connectivity index (χ1v) is 9.52. The summed E-state index contributed by atoms with van der Waals surface area (Å²) in [7, 11) is 0. The summed E-state index contributed by atoms with van der Waals surface area (Å²) in [5.74, 6) is 0. The van der Waals surface area contributed by atoms with Crippen LogP contribution >= 0.6 is 0 Å². The number of anilines is 1. The Labute approximate surface area is 154 Å². The molecule has 5 nitrogen and oxygen atoms in total. The fraction of sp³-hybridized carbons (Fsp3) is 0.429. The molecule has 5 heteroatoms. The van der Waals surface area contributed by atoms with E-state index in [-0.39, 0.29) is 10.6 Å². The van der Waals surface area contributed by atoms with E-state index < -0.39 is 0 Å². The molecule has 26 heavy (non-hydrogen) atoms. The second kappa shape index (κ2) is 7.46. The molecule has 0 saturated heterocycles. The van der Waals surface area contributed by atoms with Gasteiger partial charge in [-0.05, 0) is 55.7 Å². The molecule has 1 saturated carbocycles. The van der Waals surface area contributed by atoms with E-state index in [1.54, 1.807) is 18.2 Å². The lowest BCUT2D eigenvalue weighted by Crippen LogP contribution is -2.42. The highest BCUT2D eigenvalue weighted by molar-refractivity contribution is 5.61. The third kappa shape index (κ3) is 3.73. The predicted octanol–water partition coefficient (Wildman–Crippen LogP) is 4.07. The fourth-order valence-corrected chi connectivity index (χ4v) is 4.39. The third-order valence-electron chi connectivity index (χ3n) is 5.71. The van der Waals surface area contributed by atoms with Gasteiger partial charge in [0.2, 0.25) is 0 Å². The van der Waals surface area contributed by atoms with Crippen molar-refractivity contribution >= 4 is 11.4 Å². The molecule has 1 fully saturated rings. The molecule has 2 aromatic carbocycles. The van der Waals surface area contributed by atoms with Gasteiger partial charge in [-0.15, -0.1) is 0 Å².